The molecule has 1 rings (SSSR count). The molecule has 0 radical (unpaired) electrons. The van der Waals surface area contributed by atoms with Crippen molar-refractivity contribution in [2.75, 3.05) is 13.2 Å². The molecule has 0 spiro atoms. The zero-order valence-electron chi connectivity index (χ0n) is 11.3. The van der Waals surface area contributed by atoms with E-state index in [1.807, 2.05) is 0 Å². The monoisotopic (exact) mass is 247 g/mol. The second kappa shape index (κ2) is 7.67. The number of hydrogen-bond acceptors (Lipinski definition) is 3. The maximum Gasteiger partial charge on any atom is 0.330 e. The number of hydrogen-bond donors (Lipinski definition) is 1. The van der Waals surface area contributed by atoms with E-state index < -0.39 is 0 Å². The lowest BCUT2D eigenvalue weighted by Crippen LogP contribution is -2.18. The van der Waals surface area contributed by atoms with Gasteiger partial charge in [0.05, 0.1) is 6.61 Å². The van der Waals surface area contributed by atoms with Crippen LogP contribution in [0.3, 0.4) is 0 Å². The SMILES string of the molecule is CCOC(=O)/C=C/CN[C@@H](C)c1cccc(C)c1. The Kier molecular flexibility index (Phi) is 6.15. The molecule has 1 aromatic carbocycles. The van der Waals surface area contributed by atoms with Crippen LogP contribution < -0.4 is 5.32 Å². The van der Waals surface area contributed by atoms with Crippen LogP contribution in [0.5, 0.6) is 0 Å². The van der Waals surface area contributed by atoms with E-state index in [0.717, 1.165) is 0 Å². The average molecular weight is 247 g/mol. The molecule has 3 heteroatoms. The third-order valence-electron chi connectivity index (χ3n) is 2.62. The zero-order valence-corrected chi connectivity index (χ0v) is 11.3. The van der Waals surface area contributed by atoms with Crippen molar-refractivity contribution in [2.45, 2.75) is 26.8 Å². The van der Waals surface area contributed by atoms with Crippen LogP contribution >= 0.6 is 0 Å². The van der Waals surface area contributed by atoms with Gasteiger partial charge in [0.15, 0.2) is 0 Å². The fourth-order valence-electron chi connectivity index (χ4n) is 1.65. The number of aryl methyl sites for hydroxylation is 1. The van der Waals surface area contributed by atoms with E-state index in [9.17, 15) is 4.79 Å². The highest BCUT2D eigenvalue weighted by atomic mass is 16.5. The van der Waals surface area contributed by atoms with E-state index in [2.05, 4.69) is 43.4 Å². The summed E-state index contributed by atoms with van der Waals surface area (Å²) in [5.41, 5.74) is 2.50. The zero-order chi connectivity index (χ0) is 13.4. The van der Waals surface area contributed by atoms with Gasteiger partial charge in [0.2, 0.25) is 0 Å². The molecule has 0 saturated heterocycles. The van der Waals surface area contributed by atoms with Gasteiger partial charge in [0.1, 0.15) is 0 Å². The number of ether oxygens (including phenoxy) is 1. The van der Waals surface area contributed by atoms with E-state index >= 15 is 0 Å². The minimum absolute atomic E-state index is 0.261. The van der Waals surface area contributed by atoms with Gasteiger partial charge >= 0.3 is 5.97 Å². The molecular weight excluding hydrogens is 226 g/mol. The summed E-state index contributed by atoms with van der Waals surface area (Å²) in [5, 5.41) is 3.33. The van der Waals surface area contributed by atoms with Crippen molar-refractivity contribution in [3.05, 3.63) is 47.5 Å². The first kappa shape index (κ1) is 14.5. The third kappa shape index (κ3) is 5.15. The molecule has 0 heterocycles. The first-order valence-corrected chi connectivity index (χ1v) is 6.26. The normalized spacial score (nSPS) is 12.6. The first-order chi connectivity index (χ1) is 8.63. The first-order valence-electron chi connectivity index (χ1n) is 6.26. The fourth-order valence-corrected chi connectivity index (χ4v) is 1.65. The molecular formula is C15H21NO2. The Balaban J connectivity index is 2.37. The molecule has 0 aliphatic rings. The Morgan fingerprint density at radius 1 is 1.50 bits per heavy atom. The molecule has 1 atom stereocenters. The van der Waals surface area contributed by atoms with Crippen LogP contribution in [0, 0.1) is 6.92 Å². The molecule has 0 aromatic heterocycles. The lowest BCUT2D eigenvalue weighted by atomic mass is 10.1. The summed E-state index contributed by atoms with van der Waals surface area (Å²) in [5.74, 6) is -0.289. The largest absolute Gasteiger partial charge is 0.463 e. The topological polar surface area (TPSA) is 38.3 Å². The maximum atomic E-state index is 11.1. The molecule has 0 saturated carbocycles. The highest BCUT2D eigenvalue weighted by Crippen LogP contribution is 2.13. The van der Waals surface area contributed by atoms with Gasteiger partial charge in [-0.15, -0.1) is 0 Å². The number of carbonyl (C=O) groups excluding carboxylic acids is 1. The highest BCUT2D eigenvalue weighted by Gasteiger charge is 2.03. The lowest BCUT2D eigenvalue weighted by molar-refractivity contribution is -0.137. The predicted octanol–water partition coefficient (Wildman–Crippen LogP) is 2.76. The van der Waals surface area contributed by atoms with Gasteiger partial charge in [-0.25, -0.2) is 4.79 Å². The second-order valence-electron chi connectivity index (χ2n) is 4.20. The highest BCUT2D eigenvalue weighted by molar-refractivity contribution is 5.81. The molecule has 0 bridgehead atoms. The number of rotatable bonds is 6. The third-order valence-corrected chi connectivity index (χ3v) is 2.62. The summed E-state index contributed by atoms with van der Waals surface area (Å²) in [7, 11) is 0. The van der Waals surface area contributed by atoms with Gasteiger partial charge < -0.3 is 10.1 Å². The van der Waals surface area contributed by atoms with Crippen molar-refractivity contribution < 1.29 is 9.53 Å². The quantitative estimate of drug-likeness (QED) is 0.620. The Morgan fingerprint density at radius 2 is 2.28 bits per heavy atom. The van der Waals surface area contributed by atoms with E-state index in [-0.39, 0.29) is 12.0 Å². The van der Waals surface area contributed by atoms with Gasteiger partial charge in [-0.05, 0) is 26.3 Å². The molecule has 0 aliphatic heterocycles. The van der Waals surface area contributed by atoms with Crippen molar-refractivity contribution in [3.63, 3.8) is 0 Å². The van der Waals surface area contributed by atoms with Crippen molar-refractivity contribution in [1.29, 1.82) is 0 Å². The van der Waals surface area contributed by atoms with Crippen molar-refractivity contribution in [1.82, 2.24) is 5.32 Å². The minimum Gasteiger partial charge on any atom is -0.463 e. The Morgan fingerprint density at radius 3 is 2.94 bits per heavy atom. The fraction of sp³-hybridized carbons (Fsp3) is 0.400. The Bertz CT molecular complexity index is 413. The number of esters is 1. The standard InChI is InChI=1S/C15H21NO2/c1-4-18-15(17)9-6-10-16-13(3)14-8-5-7-12(2)11-14/h5-9,11,13,16H,4,10H2,1-3H3/b9-6+/t13-/m0/s1. The van der Waals surface area contributed by atoms with Gasteiger partial charge in [-0.1, -0.05) is 35.9 Å². The van der Waals surface area contributed by atoms with E-state index in [4.69, 9.17) is 4.74 Å². The molecule has 1 aromatic rings. The summed E-state index contributed by atoms with van der Waals surface area (Å²) >= 11 is 0. The molecule has 0 fully saturated rings. The number of carbonyl (C=O) groups is 1. The van der Waals surface area contributed by atoms with E-state index in [1.165, 1.54) is 17.2 Å². The lowest BCUT2D eigenvalue weighted by Gasteiger charge is -2.13. The summed E-state index contributed by atoms with van der Waals surface area (Å²) in [6, 6.07) is 8.65. The number of nitrogens with one attached hydrogen (secondary N) is 1. The molecule has 1 N–H and O–H groups in total. The maximum absolute atomic E-state index is 11.1. The Hall–Kier alpha value is -1.61. The van der Waals surface area contributed by atoms with E-state index in [1.54, 1.807) is 13.0 Å². The average Bonchev–Trinajstić information content (AvgIpc) is 2.35. The van der Waals surface area contributed by atoms with E-state index in [0.29, 0.717) is 13.2 Å². The summed E-state index contributed by atoms with van der Waals surface area (Å²) < 4.78 is 4.80. The summed E-state index contributed by atoms with van der Waals surface area (Å²) in [6.45, 7) is 7.04. The van der Waals surface area contributed by atoms with Crippen LogP contribution in [-0.2, 0) is 9.53 Å². The molecule has 3 nitrogen and oxygen atoms in total. The van der Waals surface area contributed by atoms with Gasteiger partial charge in [-0.2, -0.15) is 0 Å². The van der Waals surface area contributed by atoms with Crippen molar-refractivity contribution in [3.8, 4) is 0 Å². The van der Waals surface area contributed by atoms with Crippen molar-refractivity contribution >= 4 is 5.97 Å². The molecule has 18 heavy (non-hydrogen) atoms. The number of benzene rings is 1. The summed E-state index contributed by atoms with van der Waals surface area (Å²) in [6.07, 6.45) is 3.24. The minimum atomic E-state index is -0.289. The second-order valence-corrected chi connectivity index (χ2v) is 4.20. The Labute approximate surface area is 109 Å². The molecule has 0 aliphatic carbocycles. The predicted molar refractivity (Wildman–Crippen MR) is 73.4 cm³/mol. The molecule has 98 valence electrons. The van der Waals surface area contributed by atoms with Crippen LogP contribution in [0.1, 0.15) is 31.0 Å². The molecule has 0 unspecified atom stereocenters. The smallest absolute Gasteiger partial charge is 0.330 e. The molecule has 0 amide bonds. The van der Waals surface area contributed by atoms with Gasteiger partial charge in [-0.3, -0.25) is 0 Å². The van der Waals surface area contributed by atoms with Crippen LogP contribution in [0.25, 0.3) is 0 Å². The van der Waals surface area contributed by atoms with Gasteiger partial charge in [0.25, 0.3) is 0 Å². The van der Waals surface area contributed by atoms with Crippen molar-refractivity contribution in [2.24, 2.45) is 0 Å². The summed E-state index contributed by atoms with van der Waals surface area (Å²) in [4.78, 5) is 11.1. The van der Waals surface area contributed by atoms with Gasteiger partial charge in [0, 0.05) is 18.7 Å². The van der Waals surface area contributed by atoms with Crippen LogP contribution in [0.2, 0.25) is 0 Å². The van der Waals surface area contributed by atoms with Crippen LogP contribution in [-0.4, -0.2) is 19.1 Å². The van der Waals surface area contributed by atoms with Crippen LogP contribution in [0.4, 0.5) is 0 Å². The van der Waals surface area contributed by atoms with Crippen LogP contribution in [0.15, 0.2) is 36.4 Å².